The molecule has 0 fully saturated rings. The first-order valence-electron chi connectivity index (χ1n) is 5.04. The second-order valence-corrected chi connectivity index (χ2v) is 5.06. The second kappa shape index (κ2) is 5.10. The van der Waals surface area contributed by atoms with Gasteiger partial charge in [-0.25, -0.2) is 0 Å². The van der Waals surface area contributed by atoms with Crippen LogP contribution in [0.5, 0.6) is 0 Å². The number of carbonyl (C=O) groups excluding carboxylic acids is 2. The van der Waals surface area contributed by atoms with Crippen LogP contribution in [0.4, 0.5) is 0 Å². The molecule has 0 rings (SSSR count). The molecule has 1 atom stereocenters. The average molecular weight is 212 g/mol. The van der Waals surface area contributed by atoms with Gasteiger partial charge in [-0.3, -0.25) is 9.59 Å². The van der Waals surface area contributed by atoms with Crippen molar-refractivity contribution in [2.24, 2.45) is 17.3 Å². The molecule has 0 bridgehead atoms. The van der Waals surface area contributed by atoms with Crippen molar-refractivity contribution in [3.05, 3.63) is 12.2 Å². The third-order valence-corrected chi connectivity index (χ3v) is 2.38. The first-order valence-corrected chi connectivity index (χ1v) is 5.04. The Hall–Kier alpha value is -1.12. The summed E-state index contributed by atoms with van der Waals surface area (Å²) in [5.74, 6) is -0.771. The molecule has 0 aliphatic carbocycles. The third-order valence-electron chi connectivity index (χ3n) is 2.38. The Balaban J connectivity index is 4.98. The highest BCUT2D eigenvalue weighted by molar-refractivity contribution is 5.81. The third kappa shape index (κ3) is 3.86. The van der Waals surface area contributed by atoms with Gasteiger partial charge in [0.2, 0.25) is 0 Å². The minimum Gasteiger partial charge on any atom is -0.395 e. The maximum atomic E-state index is 11.6. The van der Waals surface area contributed by atoms with E-state index in [2.05, 4.69) is 11.3 Å². The van der Waals surface area contributed by atoms with Gasteiger partial charge in [0.1, 0.15) is 0 Å². The molecule has 0 aromatic heterocycles. The Morgan fingerprint density at radius 1 is 1.33 bits per heavy atom. The normalized spacial score (nSPS) is 13.5. The topological polar surface area (TPSA) is 43.4 Å². The van der Waals surface area contributed by atoms with E-state index < -0.39 is 11.9 Å². The lowest BCUT2D eigenvalue weighted by Gasteiger charge is -2.31. The molecule has 0 aromatic carbocycles. The Kier molecular flexibility index (Phi) is 4.72. The number of hydrogen-bond acceptors (Lipinski definition) is 3. The van der Waals surface area contributed by atoms with Crippen LogP contribution in [-0.2, 0) is 14.3 Å². The monoisotopic (exact) mass is 212 g/mol. The predicted octanol–water partition coefficient (Wildman–Crippen LogP) is 2.56. The van der Waals surface area contributed by atoms with Crippen LogP contribution in [0.1, 0.15) is 34.6 Å². The summed E-state index contributed by atoms with van der Waals surface area (Å²) in [7, 11) is 0. The van der Waals surface area contributed by atoms with Gasteiger partial charge in [-0.15, -0.1) is 0 Å². The van der Waals surface area contributed by atoms with E-state index in [0.29, 0.717) is 0 Å². The fraction of sp³-hybridized carbons (Fsp3) is 0.667. The molecule has 86 valence electrons. The van der Waals surface area contributed by atoms with Crippen molar-refractivity contribution in [2.75, 3.05) is 0 Å². The molecular formula is C12H20O3. The Morgan fingerprint density at radius 2 is 1.80 bits per heavy atom. The molecule has 0 radical (unpaired) electrons. The zero-order valence-corrected chi connectivity index (χ0v) is 10.2. The Bertz CT molecular complexity index is 259. The predicted molar refractivity (Wildman–Crippen MR) is 59.1 cm³/mol. The highest BCUT2D eigenvalue weighted by Crippen LogP contribution is 2.35. The SMILES string of the molecule is C=C(C(C)C)C(C(=O)OC=O)C(C)(C)C. The van der Waals surface area contributed by atoms with Crippen LogP contribution in [0.15, 0.2) is 12.2 Å². The lowest BCUT2D eigenvalue weighted by molar-refractivity contribution is -0.156. The number of carbonyl (C=O) groups is 2. The highest BCUT2D eigenvalue weighted by Gasteiger charge is 2.35. The molecule has 0 amide bonds. The van der Waals surface area contributed by atoms with Gasteiger partial charge in [-0.05, 0) is 11.3 Å². The maximum absolute atomic E-state index is 11.6. The first kappa shape index (κ1) is 13.9. The zero-order chi connectivity index (χ0) is 12.2. The van der Waals surface area contributed by atoms with Gasteiger partial charge in [-0.2, -0.15) is 0 Å². The molecule has 0 aromatic rings. The molecule has 1 unspecified atom stereocenters. The van der Waals surface area contributed by atoms with Crippen molar-refractivity contribution >= 4 is 12.4 Å². The van der Waals surface area contributed by atoms with E-state index in [1.807, 2.05) is 34.6 Å². The molecule has 0 heterocycles. The molecular weight excluding hydrogens is 192 g/mol. The molecule has 0 saturated heterocycles. The summed E-state index contributed by atoms with van der Waals surface area (Å²) in [6, 6.07) is 0. The Labute approximate surface area is 91.5 Å². The van der Waals surface area contributed by atoms with Crippen molar-refractivity contribution in [3.8, 4) is 0 Å². The van der Waals surface area contributed by atoms with Crippen LogP contribution < -0.4 is 0 Å². The van der Waals surface area contributed by atoms with Crippen LogP contribution in [0, 0.1) is 17.3 Å². The van der Waals surface area contributed by atoms with Crippen molar-refractivity contribution in [2.45, 2.75) is 34.6 Å². The van der Waals surface area contributed by atoms with E-state index in [1.54, 1.807) is 0 Å². The van der Waals surface area contributed by atoms with Gasteiger partial charge >= 0.3 is 12.4 Å². The molecule has 3 heteroatoms. The van der Waals surface area contributed by atoms with Crippen molar-refractivity contribution in [1.29, 1.82) is 0 Å². The molecule has 3 nitrogen and oxygen atoms in total. The summed E-state index contributed by atoms with van der Waals surface area (Å²) in [5.41, 5.74) is 0.510. The van der Waals surface area contributed by atoms with E-state index in [0.717, 1.165) is 5.57 Å². The van der Waals surface area contributed by atoms with Gasteiger partial charge < -0.3 is 4.74 Å². The fourth-order valence-corrected chi connectivity index (χ4v) is 1.51. The molecule has 0 saturated carbocycles. The smallest absolute Gasteiger partial charge is 0.321 e. The second-order valence-electron chi connectivity index (χ2n) is 5.06. The van der Waals surface area contributed by atoms with Crippen LogP contribution in [0.3, 0.4) is 0 Å². The van der Waals surface area contributed by atoms with Gasteiger partial charge in [0.05, 0.1) is 5.92 Å². The van der Waals surface area contributed by atoms with E-state index >= 15 is 0 Å². The van der Waals surface area contributed by atoms with E-state index in [9.17, 15) is 9.59 Å². The zero-order valence-electron chi connectivity index (χ0n) is 10.2. The number of hydrogen-bond donors (Lipinski definition) is 0. The average Bonchev–Trinajstić information content (AvgIpc) is 2.01. The molecule has 0 aliphatic heterocycles. The molecule has 0 N–H and O–H groups in total. The van der Waals surface area contributed by atoms with Crippen LogP contribution in [0.2, 0.25) is 0 Å². The minimum absolute atomic E-state index is 0.175. The number of rotatable bonds is 4. The van der Waals surface area contributed by atoms with Gasteiger partial charge in [0.25, 0.3) is 0 Å². The summed E-state index contributed by atoms with van der Waals surface area (Å²) in [6.45, 7) is 13.8. The summed E-state index contributed by atoms with van der Waals surface area (Å²) in [5, 5.41) is 0. The van der Waals surface area contributed by atoms with Gasteiger partial charge in [-0.1, -0.05) is 46.8 Å². The first-order chi connectivity index (χ1) is 6.71. The quantitative estimate of drug-likeness (QED) is 0.311. The molecule has 0 spiro atoms. The van der Waals surface area contributed by atoms with Gasteiger partial charge in [0, 0.05) is 0 Å². The maximum Gasteiger partial charge on any atom is 0.321 e. The van der Waals surface area contributed by atoms with Crippen molar-refractivity contribution in [3.63, 3.8) is 0 Å². The highest BCUT2D eigenvalue weighted by atomic mass is 16.6. The van der Waals surface area contributed by atoms with E-state index in [1.165, 1.54) is 0 Å². The summed E-state index contributed by atoms with van der Waals surface area (Å²) < 4.78 is 4.42. The summed E-state index contributed by atoms with van der Waals surface area (Å²) in [6.07, 6.45) is 0. The lowest BCUT2D eigenvalue weighted by atomic mass is 9.73. The summed E-state index contributed by atoms with van der Waals surface area (Å²) in [4.78, 5) is 21.8. The van der Waals surface area contributed by atoms with Crippen molar-refractivity contribution in [1.82, 2.24) is 0 Å². The van der Waals surface area contributed by atoms with Gasteiger partial charge in [0.15, 0.2) is 0 Å². The standard InChI is InChI=1S/C12H20O3/c1-8(2)9(3)10(12(4,5)6)11(14)15-7-13/h7-8,10H,3H2,1-2,4-6H3. The van der Waals surface area contributed by atoms with Crippen LogP contribution in [-0.4, -0.2) is 12.4 Å². The van der Waals surface area contributed by atoms with Crippen LogP contribution in [0.25, 0.3) is 0 Å². The number of ether oxygens (including phenoxy) is 1. The molecule has 0 aliphatic rings. The molecule has 15 heavy (non-hydrogen) atoms. The van der Waals surface area contributed by atoms with Crippen molar-refractivity contribution < 1.29 is 14.3 Å². The van der Waals surface area contributed by atoms with E-state index in [-0.39, 0.29) is 17.8 Å². The lowest BCUT2D eigenvalue weighted by Crippen LogP contribution is -2.33. The minimum atomic E-state index is -0.517. The van der Waals surface area contributed by atoms with E-state index in [4.69, 9.17) is 0 Å². The number of esters is 1. The largest absolute Gasteiger partial charge is 0.395 e. The van der Waals surface area contributed by atoms with Crippen LogP contribution >= 0.6 is 0 Å². The fourth-order valence-electron chi connectivity index (χ4n) is 1.51. The Morgan fingerprint density at radius 3 is 2.07 bits per heavy atom. The summed E-state index contributed by atoms with van der Waals surface area (Å²) >= 11 is 0.